The van der Waals surface area contributed by atoms with E-state index >= 15 is 0 Å². The number of nitrogens with one attached hydrogen (secondary N) is 1. The molecule has 1 rings (SSSR count). The number of amidine groups is 1. The van der Waals surface area contributed by atoms with Crippen molar-refractivity contribution in [3.63, 3.8) is 0 Å². The third kappa shape index (κ3) is 4.84. The van der Waals surface area contributed by atoms with Crippen LogP contribution in [0.5, 0.6) is 0 Å². The van der Waals surface area contributed by atoms with Crippen LogP contribution in [0.3, 0.4) is 0 Å². The average molecular weight is 328 g/mol. The smallest absolute Gasteiger partial charge is 0.123 e. The first-order valence-corrected chi connectivity index (χ1v) is 7.12. The van der Waals surface area contributed by atoms with Crippen LogP contribution in [0.1, 0.15) is 19.4 Å². The maximum Gasteiger partial charge on any atom is 0.123 e. The molecular formula is C14H22BrN3O. The van der Waals surface area contributed by atoms with Crippen LogP contribution in [-0.2, 0) is 4.74 Å². The maximum absolute atomic E-state index is 7.49. The highest BCUT2D eigenvalue weighted by molar-refractivity contribution is 9.10. The van der Waals surface area contributed by atoms with Crippen molar-refractivity contribution < 1.29 is 4.74 Å². The van der Waals surface area contributed by atoms with Crippen molar-refractivity contribution in [3.8, 4) is 0 Å². The quantitative estimate of drug-likeness (QED) is 0.598. The first-order chi connectivity index (χ1) is 8.95. The van der Waals surface area contributed by atoms with Gasteiger partial charge < -0.3 is 15.4 Å². The molecule has 3 N–H and O–H groups in total. The SMILES string of the molecule is COCCN(CC(C)C)c1ccc(C(=N)N)c(Br)c1. The monoisotopic (exact) mass is 327 g/mol. The molecule has 0 unspecified atom stereocenters. The number of methoxy groups -OCH3 is 1. The number of hydrogen-bond donors (Lipinski definition) is 2. The first kappa shape index (κ1) is 16.0. The van der Waals surface area contributed by atoms with Gasteiger partial charge in [-0.3, -0.25) is 5.41 Å². The van der Waals surface area contributed by atoms with Crippen molar-refractivity contribution >= 4 is 27.5 Å². The van der Waals surface area contributed by atoms with Crippen LogP contribution in [0.15, 0.2) is 22.7 Å². The summed E-state index contributed by atoms with van der Waals surface area (Å²) < 4.78 is 6.01. The highest BCUT2D eigenvalue weighted by atomic mass is 79.9. The van der Waals surface area contributed by atoms with Crippen molar-refractivity contribution in [2.24, 2.45) is 11.7 Å². The van der Waals surface area contributed by atoms with Crippen molar-refractivity contribution in [2.75, 3.05) is 31.7 Å². The van der Waals surface area contributed by atoms with Crippen molar-refractivity contribution in [2.45, 2.75) is 13.8 Å². The predicted octanol–water partition coefficient (Wildman–Crippen LogP) is 2.84. The van der Waals surface area contributed by atoms with Crippen LogP contribution >= 0.6 is 15.9 Å². The summed E-state index contributed by atoms with van der Waals surface area (Å²) in [4.78, 5) is 2.28. The molecule has 0 fully saturated rings. The van der Waals surface area contributed by atoms with Gasteiger partial charge in [-0.1, -0.05) is 13.8 Å². The lowest BCUT2D eigenvalue weighted by Gasteiger charge is -2.27. The molecule has 1 aromatic carbocycles. The van der Waals surface area contributed by atoms with Crippen LogP contribution in [0.4, 0.5) is 5.69 Å². The highest BCUT2D eigenvalue weighted by Crippen LogP contribution is 2.24. The number of nitrogen functional groups attached to an aromatic ring is 1. The fourth-order valence-electron chi connectivity index (χ4n) is 1.89. The van der Waals surface area contributed by atoms with E-state index < -0.39 is 0 Å². The maximum atomic E-state index is 7.49. The Morgan fingerprint density at radius 2 is 2.16 bits per heavy atom. The van der Waals surface area contributed by atoms with E-state index in [2.05, 4.69) is 34.7 Å². The zero-order valence-electron chi connectivity index (χ0n) is 11.7. The van der Waals surface area contributed by atoms with E-state index in [-0.39, 0.29) is 5.84 Å². The van der Waals surface area contributed by atoms with E-state index in [1.165, 1.54) is 0 Å². The molecule has 0 atom stereocenters. The Labute approximate surface area is 123 Å². The second kappa shape index (κ2) is 7.50. The van der Waals surface area contributed by atoms with E-state index in [0.29, 0.717) is 12.5 Å². The zero-order chi connectivity index (χ0) is 14.4. The molecule has 0 amide bonds. The van der Waals surface area contributed by atoms with Crippen molar-refractivity contribution in [3.05, 3.63) is 28.2 Å². The number of hydrogen-bond acceptors (Lipinski definition) is 3. The molecule has 19 heavy (non-hydrogen) atoms. The minimum Gasteiger partial charge on any atom is -0.384 e. The number of rotatable bonds is 7. The predicted molar refractivity (Wildman–Crippen MR) is 84.1 cm³/mol. The van der Waals surface area contributed by atoms with Gasteiger partial charge in [0, 0.05) is 35.9 Å². The molecule has 1 aromatic rings. The number of ether oxygens (including phenoxy) is 1. The van der Waals surface area contributed by atoms with E-state index in [1.807, 2.05) is 18.2 Å². The third-order valence-electron chi connectivity index (χ3n) is 2.76. The Kier molecular flexibility index (Phi) is 6.31. The Hall–Kier alpha value is -1.07. The molecule has 0 aliphatic rings. The van der Waals surface area contributed by atoms with Crippen LogP contribution < -0.4 is 10.6 Å². The first-order valence-electron chi connectivity index (χ1n) is 6.33. The molecule has 106 valence electrons. The molecule has 0 bridgehead atoms. The fraction of sp³-hybridized carbons (Fsp3) is 0.500. The summed E-state index contributed by atoms with van der Waals surface area (Å²) in [5.41, 5.74) is 7.36. The van der Waals surface area contributed by atoms with Crippen LogP contribution in [-0.4, -0.2) is 32.6 Å². The van der Waals surface area contributed by atoms with Gasteiger partial charge >= 0.3 is 0 Å². The lowest BCUT2D eigenvalue weighted by molar-refractivity contribution is 0.204. The van der Waals surface area contributed by atoms with Gasteiger partial charge in [0.15, 0.2) is 0 Å². The Balaban J connectivity index is 2.95. The molecule has 4 nitrogen and oxygen atoms in total. The van der Waals surface area contributed by atoms with E-state index in [0.717, 1.165) is 28.8 Å². The van der Waals surface area contributed by atoms with E-state index in [4.69, 9.17) is 15.9 Å². The van der Waals surface area contributed by atoms with E-state index in [9.17, 15) is 0 Å². The second-order valence-corrected chi connectivity index (χ2v) is 5.76. The minimum atomic E-state index is 0.0747. The molecule has 0 saturated heterocycles. The van der Waals surface area contributed by atoms with Crippen LogP contribution in [0.2, 0.25) is 0 Å². The second-order valence-electron chi connectivity index (χ2n) is 4.91. The molecule has 0 saturated carbocycles. The molecule has 0 aliphatic carbocycles. The summed E-state index contributed by atoms with van der Waals surface area (Å²) in [7, 11) is 1.71. The number of nitrogens with two attached hydrogens (primary N) is 1. The molecule has 5 heteroatoms. The molecule has 0 radical (unpaired) electrons. The lowest BCUT2D eigenvalue weighted by Crippen LogP contribution is -2.31. The van der Waals surface area contributed by atoms with Gasteiger partial charge in [-0.25, -0.2) is 0 Å². The topological polar surface area (TPSA) is 62.3 Å². The van der Waals surface area contributed by atoms with Crippen molar-refractivity contribution in [1.29, 1.82) is 5.41 Å². The van der Waals surface area contributed by atoms with Crippen LogP contribution in [0, 0.1) is 11.3 Å². The van der Waals surface area contributed by atoms with Crippen molar-refractivity contribution in [1.82, 2.24) is 0 Å². The number of benzene rings is 1. The number of nitrogens with zero attached hydrogens (tertiary/aromatic N) is 1. The molecule has 0 heterocycles. The summed E-state index contributed by atoms with van der Waals surface area (Å²) in [6.07, 6.45) is 0. The fourth-order valence-corrected chi connectivity index (χ4v) is 2.47. The van der Waals surface area contributed by atoms with Crippen LogP contribution in [0.25, 0.3) is 0 Å². The van der Waals surface area contributed by atoms with Gasteiger partial charge in [-0.15, -0.1) is 0 Å². The molecule has 0 spiro atoms. The van der Waals surface area contributed by atoms with E-state index in [1.54, 1.807) is 7.11 Å². The number of anilines is 1. The third-order valence-corrected chi connectivity index (χ3v) is 3.41. The molecular weight excluding hydrogens is 306 g/mol. The van der Waals surface area contributed by atoms with Gasteiger partial charge in [0.05, 0.1) is 6.61 Å². The summed E-state index contributed by atoms with van der Waals surface area (Å²) >= 11 is 3.47. The standard InChI is InChI=1S/C14H22BrN3O/c1-10(2)9-18(6-7-19-3)11-4-5-12(14(16)17)13(15)8-11/h4-5,8,10H,6-7,9H2,1-3H3,(H3,16,17). The highest BCUT2D eigenvalue weighted by Gasteiger charge is 2.11. The summed E-state index contributed by atoms with van der Waals surface area (Å²) in [5.74, 6) is 0.647. The average Bonchev–Trinajstić information content (AvgIpc) is 2.33. The Morgan fingerprint density at radius 3 is 2.63 bits per heavy atom. The summed E-state index contributed by atoms with van der Waals surface area (Å²) in [5, 5.41) is 7.49. The minimum absolute atomic E-state index is 0.0747. The van der Waals surface area contributed by atoms with Gasteiger partial charge in [0.2, 0.25) is 0 Å². The number of halogens is 1. The normalized spacial score (nSPS) is 10.8. The van der Waals surface area contributed by atoms with Gasteiger partial charge in [0.25, 0.3) is 0 Å². The summed E-state index contributed by atoms with van der Waals surface area (Å²) in [6, 6.07) is 5.89. The van der Waals surface area contributed by atoms with Gasteiger partial charge in [-0.05, 0) is 40.0 Å². The lowest BCUT2D eigenvalue weighted by atomic mass is 10.1. The Morgan fingerprint density at radius 1 is 1.47 bits per heavy atom. The molecule has 0 aromatic heterocycles. The Bertz CT molecular complexity index is 435. The largest absolute Gasteiger partial charge is 0.384 e. The van der Waals surface area contributed by atoms with Gasteiger partial charge in [0.1, 0.15) is 5.84 Å². The molecule has 0 aliphatic heterocycles. The van der Waals surface area contributed by atoms with Gasteiger partial charge in [-0.2, -0.15) is 0 Å². The summed E-state index contributed by atoms with van der Waals surface area (Å²) in [6.45, 7) is 6.89. The zero-order valence-corrected chi connectivity index (χ0v) is 13.3.